The summed E-state index contributed by atoms with van der Waals surface area (Å²) in [6.07, 6.45) is 3.93. The highest BCUT2D eigenvalue weighted by Crippen LogP contribution is 2.26. The first kappa shape index (κ1) is 21.4. The molecule has 0 radical (unpaired) electrons. The molecule has 1 N–H and O–H groups in total. The van der Waals surface area contributed by atoms with Crippen molar-refractivity contribution in [1.29, 1.82) is 0 Å². The summed E-state index contributed by atoms with van der Waals surface area (Å²) >= 11 is 0. The first-order valence-corrected chi connectivity index (χ1v) is 11.7. The van der Waals surface area contributed by atoms with Crippen LogP contribution in [0.5, 0.6) is 0 Å². The number of hydrogen-bond acceptors (Lipinski definition) is 3. The molecule has 1 saturated heterocycles. The van der Waals surface area contributed by atoms with Gasteiger partial charge in [0.25, 0.3) is 5.91 Å². The van der Waals surface area contributed by atoms with E-state index in [1.165, 1.54) is 5.56 Å². The van der Waals surface area contributed by atoms with Gasteiger partial charge in [-0.15, -0.1) is 0 Å². The van der Waals surface area contributed by atoms with Gasteiger partial charge < -0.3 is 9.88 Å². The fraction of sp³-hybridized carbons (Fsp3) is 0.286. The second kappa shape index (κ2) is 9.20. The van der Waals surface area contributed by atoms with Crippen LogP contribution >= 0.6 is 0 Å². The first-order chi connectivity index (χ1) is 16.1. The molecule has 4 aromatic rings. The Morgan fingerprint density at radius 3 is 2.55 bits per heavy atom. The van der Waals surface area contributed by atoms with E-state index in [0.29, 0.717) is 5.56 Å². The zero-order valence-corrected chi connectivity index (χ0v) is 19.3. The summed E-state index contributed by atoms with van der Waals surface area (Å²) in [5, 5.41) is 4.23. The van der Waals surface area contributed by atoms with Crippen molar-refractivity contribution in [2.24, 2.45) is 7.05 Å². The van der Waals surface area contributed by atoms with Crippen LogP contribution in [0.15, 0.2) is 72.9 Å². The number of likely N-dealkylation sites (tertiary alicyclic amines) is 1. The summed E-state index contributed by atoms with van der Waals surface area (Å²) in [5.74, 6) is -0.00929. The summed E-state index contributed by atoms with van der Waals surface area (Å²) in [4.78, 5) is 20.8. The van der Waals surface area contributed by atoms with Crippen molar-refractivity contribution >= 4 is 16.8 Å². The summed E-state index contributed by atoms with van der Waals surface area (Å²) in [5.41, 5.74) is 5.84. The van der Waals surface area contributed by atoms with Gasteiger partial charge in [0, 0.05) is 44.3 Å². The lowest BCUT2D eigenvalue weighted by Gasteiger charge is -2.32. The molecule has 1 aliphatic rings. The van der Waals surface area contributed by atoms with Gasteiger partial charge in [0.15, 0.2) is 0 Å². The van der Waals surface area contributed by atoms with Crippen LogP contribution in [0.1, 0.15) is 34.3 Å². The number of aryl methyl sites for hydroxylation is 2. The fourth-order valence-corrected chi connectivity index (χ4v) is 4.73. The average Bonchev–Trinajstić information content (AvgIpc) is 3.26. The van der Waals surface area contributed by atoms with Crippen molar-refractivity contribution in [3.8, 4) is 11.4 Å². The van der Waals surface area contributed by atoms with Crippen molar-refractivity contribution in [3.63, 3.8) is 0 Å². The van der Waals surface area contributed by atoms with Crippen molar-refractivity contribution in [2.45, 2.75) is 32.4 Å². The SMILES string of the molecule is Cc1ccc2nc(-c3cccn3C)cc(C(=O)NC3CCN(Cc4ccccc4)CC3)c2c1. The molecule has 0 atom stereocenters. The molecule has 0 bridgehead atoms. The minimum absolute atomic E-state index is 0.00929. The average molecular weight is 439 g/mol. The number of carbonyl (C=O) groups excluding carboxylic acids is 1. The van der Waals surface area contributed by atoms with Gasteiger partial charge in [-0.1, -0.05) is 42.0 Å². The summed E-state index contributed by atoms with van der Waals surface area (Å²) in [6, 6.07) is 22.9. The molecule has 168 valence electrons. The van der Waals surface area contributed by atoms with E-state index in [9.17, 15) is 4.79 Å². The Kier molecular flexibility index (Phi) is 5.97. The number of hydrogen-bond donors (Lipinski definition) is 1. The highest BCUT2D eigenvalue weighted by molar-refractivity contribution is 6.07. The topological polar surface area (TPSA) is 50.2 Å². The maximum Gasteiger partial charge on any atom is 0.252 e. The van der Waals surface area contributed by atoms with Crippen LogP contribution < -0.4 is 5.32 Å². The Bertz CT molecular complexity index is 1270. The number of piperidine rings is 1. The lowest BCUT2D eigenvalue weighted by molar-refractivity contribution is 0.0910. The van der Waals surface area contributed by atoms with Gasteiger partial charge in [0.2, 0.25) is 0 Å². The zero-order valence-electron chi connectivity index (χ0n) is 19.3. The van der Waals surface area contributed by atoms with Crippen LogP contribution in [0.25, 0.3) is 22.3 Å². The van der Waals surface area contributed by atoms with E-state index in [1.807, 2.05) is 48.1 Å². The number of nitrogens with zero attached hydrogens (tertiary/aromatic N) is 3. The number of amides is 1. The molecule has 0 saturated carbocycles. The van der Waals surface area contributed by atoms with E-state index < -0.39 is 0 Å². The number of fused-ring (bicyclic) bond motifs is 1. The van der Waals surface area contributed by atoms with Crippen LogP contribution in [-0.2, 0) is 13.6 Å². The number of carbonyl (C=O) groups is 1. The van der Waals surface area contributed by atoms with Crippen molar-refractivity contribution in [2.75, 3.05) is 13.1 Å². The number of aromatic nitrogens is 2. The second-order valence-electron chi connectivity index (χ2n) is 9.09. The molecule has 1 aliphatic heterocycles. The Morgan fingerprint density at radius 1 is 1.03 bits per heavy atom. The molecule has 5 rings (SSSR count). The largest absolute Gasteiger partial charge is 0.349 e. The molecule has 1 fully saturated rings. The molecule has 0 spiro atoms. The van der Waals surface area contributed by atoms with Gasteiger partial charge in [0.05, 0.1) is 22.5 Å². The number of nitrogens with one attached hydrogen (secondary N) is 1. The Labute approximate surface area is 195 Å². The van der Waals surface area contributed by atoms with Gasteiger partial charge in [0.1, 0.15) is 0 Å². The molecule has 5 nitrogen and oxygen atoms in total. The maximum atomic E-state index is 13.5. The number of pyridine rings is 1. The van der Waals surface area contributed by atoms with E-state index in [0.717, 1.165) is 60.3 Å². The first-order valence-electron chi connectivity index (χ1n) is 11.7. The molecular weight excluding hydrogens is 408 g/mol. The van der Waals surface area contributed by atoms with Gasteiger partial charge in [-0.2, -0.15) is 0 Å². The monoisotopic (exact) mass is 438 g/mol. The molecule has 3 heterocycles. The molecule has 5 heteroatoms. The van der Waals surface area contributed by atoms with E-state index in [4.69, 9.17) is 4.98 Å². The highest BCUT2D eigenvalue weighted by atomic mass is 16.1. The van der Waals surface area contributed by atoms with Crippen LogP contribution in [0.3, 0.4) is 0 Å². The highest BCUT2D eigenvalue weighted by Gasteiger charge is 2.23. The molecule has 2 aromatic carbocycles. The van der Waals surface area contributed by atoms with E-state index in [-0.39, 0.29) is 11.9 Å². The lowest BCUT2D eigenvalue weighted by atomic mass is 10.0. The smallest absolute Gasteiger partial charge is 0.252 e. The molecule has 1 amide bonds. The Morgan fingerprint density at radius 2 is 1.82 bits per heavy atom. The molecule has 33 heavy (non-hydrogen) atoms. The van der Waals surface area contributed by atoms with Gasteiger partial charge in [-0.25, -0.2) is 4.98 Å². The molecule has 0 aliphatic carbocycles. The fourth-order valence-electron chi connectivity index (χ4n) is 4.73. The van der Waals surface area contributed by atoms with Crippen molar-refractivity contribution in [1.82, 2.24) is 19.8 Å². The third kappa shape index (κ3) is 4.69. The zero-order chi connectivity index (χ0) is 22.8. The van der Waals surface area contributed by atoms with Crippen molar-refractivity contribution in [3.05, 3.63) is 89.6 Å². The molecule has 2 aromatic heterocycles. The van der Waals surface area contributed by atoms with Crippen LogP contribution in [0.2, 0.25) is 0 Å². The lowest BCUT2D eigenvalue weighted by Crippen LogP contribution is -2.44. The minimum Gasteiger partial charge on any atom is -0.349 e. The van der Waals surface area contributed by atoms with E-state index in [2.05, 4.69) is 53.5 Å². The Balaban J connectivity index is 1.34. The standard InChI is InChI=1S/C28H30N4O/c1-20-10-11-25-23(17-20)24(18-26(30-25)27-9-6-14-31(27)2)28(33)29-22-12-15-32(16-13-22)19-21-7-4-3-5-8-21/h3-11,14,17-18,22H,12-13,15-16,19H2,1-2H3,(H,29,33). The number of rotatable bonds is 5. The second-order valence-corrected chi connectivity index (χ2v) is 9.09. The van der Waals surface area contributed by atoms with E-state index in [1.54, 1.807) is 0 Å². The quantitative estimate of drug-likeness (QED) is 0.480. The van der Waals surface area contributed by atoms with E-state index >= 15 is 0 Å². The molecule has 0 unspecified atom stereocenters. The third-order valence-electron chi connectivity index (χ3n) is 6.59. The summed E-state index contributed by atoms with van der Waals surface area (Å²) < 4.78 is 2.03. The van der Waals surface area contributed by atoms with Crippen molar-refractivity contribution < 1.29 is 4.79 Å². The van der Waals surface area contributed by atoms with Gasteiger partial charge >= 0.3 is 0 Å². The van der Waals surface area contributed by atoms with Crippen LogP contribution in [-0.4, -0.2) is 39.5 Å². The predicted octanol–water partition coefficient (Wildman–Crippen LogP) is 4.94. The van der Waals surface area contributed by atoms with Crippen LogP contribution in [0, 0.1) is 6.92 Å². The van der Waals surface area contributed by atoms with Gasteiger partial charge in [-0.3, -0.25) is 9.69 Å². The predicted molar refractivity (Wildman–Crippen MR) is 133 cm³/mol. The third-order valence-corrected chi connectivity index (χ3v) is 6.59. The Hall–Kier alpha value is -3.44. The number of benzene rings is 2. The maximum absolute atomic E-state index is 13.5. The summed E-state index contributed by atoms with van der Waals surface area (Å²) in [6.45, 7) is 5.00. The molecular formula is C28H30N4O. The van der Waals surface area contributed by atoms with Gasteiger partial charge in [-0.05, 0) is 55.7 Å². The summed E-state index contributed by atoms with van der Waals surface area (Å²) in [7, 11) is 2.00. The van der Waals surface area contributed by atoms with Crippen LogP contribution in [0.4, 0.5) is 0 Å². The normalized spacial score (nSPS) is 15.1. The minimum atomic E-state index is -0.00929.